The van der Waals surface area contributed by atoms with Gasteiger partial charge in [0, 0.05) is 12.6 Å². The third kappa shape index (κ3) is 2.75. The number of nitrogens with two attached hydrogens (primary N) is 1. The smallest absolute Gasteiger partial charge is 0.239 e. The summed E-state index contributed by atoms with van der Waals surface area (Å²) < 4.78 is 10.9. The molecule has 18 heavy (non-hydrogen) atoms. The van der Waals surface area contributed by atoms with Gasteiger partial charge < -0.3 is 15.2 Å². The van der Waals surface area contributed by atoms with Gasteiger partial charge in [-0.25, -0.2) is 0 Å². The minimum Gasteiger partial charge on any atom is -0.493 e. The summed E-state index contributed by atoms with van der Waals surface area (Å²) in [5.74, 6) is 1.69. The first-order valence-electron chi connectivity index (χ1n) is 5.58. The third-order valence-corrected chi connectivity index (χ3v) is 2.44. The van der Waals surface area contributed by atoms with Gasteiger partial charge in [-0.3, -0.25) is 0 Å². The number of benzene rings is 1. The lowest BCUT2D eigenvalue weighted by Crippen LogP contribution is -2.01. The summed E-state index contributed by atoms with van der Waals surface area (Å²) in [4.78, 5) is 0. The summed E-state index contributed by atoms with van der Waals surface area (Å²) in [5.41, 5.74) is 7.27. The van der Waals surface area contributed by atoms with Gasteiger partial charge in [-0.05, 0) is 30.7 Å². The van der Waals surface area contributed by atoms with Gasteiger partial charge in [0.05, 0.1) is 12.8 Å². The van der Waals surface area contributed by atoms with Gasteiger partial charge in [0.1, 0.15) is 0 Å². The Labute approximate surface area is 106 Å². The molecule has 0 saturated heterocycles. The van der Waals surface area contributed by atoms with E-state index in [0.29, 0.717) is 23.9 Å². The van der Waals surface area contributed by atoms with E-state index in [0.717, 1.165) is 11.3 Å². The van der Waals surface area contributed by atoms with Gasteiger partial charge in [-0.2, -0.15) is 5.10 Å². The molecule has 2 N–H and O–H groups in total. The van der Waals surface area contributed by atoms with E-state index in [1.807, 2.05) is 25.1 Å². The van der Waals surface area contributed by atoms with Crippen molar-refractivity contribution < 1.29 is 9.47 Å². The zero-order valence-corrected chi connectivity index (χ0v) is 10.4. The summed E-state index contributed by atoms with van der Waals surface area (Å²) in [7, 11) is 1.60. The molecule has 0 atom stereocenters. The topological polar surface area (TPSA) is 70.3 Å². The molecule has 1 heterocycles. The van der Waals surface area contributed by atoms with E-state index >= 15 is 0 Å². The number of aromatic nitrogens is 2. The highest BCUT2D eigenvalue weighted by molar-refractivity contribution is 5.44. The summed E-state index contributed by atoms with van der Waals surface area (Å²) >= 11 is 0. The Morgan fingerprint density at radius 2 is 1.94 bits per heavy atom. The van der Waals surface area contributed by atoms with E-state index in [-0.39, 0.29) is 0 Å². The molecule has 0 fully saturated rings. The summed E-state index contributed by atoms with van der Waals surface area (Å²) in [5, 5.41) is 7.86. The molecule has 2 rings (SSSR count). The molecule has 0 unspecified atom stereocenters. The average Bonchev–Trinajstić information content (AvgIpc) is 2.41. The molecule has 0 spiro atoms. The van der Waals surface area contributed by atoms with Crippen molar-refractivity contribution in [2.45, 2.75) is 13.5 Å². The Balaban J connectivity index is 2.22. The van der Waals surface area contributed by atoms with E-state index in [1.165, 1.54) is 0 Å². The molecule has 94 valence electrons. The molecule has 0 bridgehead atoms. The molecule has 0 saturated carbocycles. The number of methoxy groups -OCH3 is 1. The largest absolute Gasteiger partial charge is 0.493 e. The van der Waals surface area contributed by atoms with Crippen molar-refractivity contribution in [2.24, 2.45) is 5.73 Å². The second-order valence-corrected chi connectivity index (χ2v) is 3.82. The van der Waals surface area contributed by atoms with Crippen LogP contribution in [0.2, 0.25) is 0 Å². The number of aryl methyl sites for hydroxylation is 1. The predicted molar refractivity (Wildman–Crippen MR) is 67.7 cm³/mol. The van der Waals surface area contributed by atoms with Crippen LogP contribution in [0.5, 0.6) is 17.4 Å². The zero-order valence-electron chi connectivity index (χ0n) is 10.4. The van der Waals surface area contributed by atoms with Gasteiger partial charge in [0.2, 0.25) is 5.88 Å². The minimum atomic E-state index is 0.362. The lowest BCUT2D eigenvalue weighted by Gasteiger charge is -2.09. The van der Waals surface area contributed by atoms with Gasteiger partial charge in [-0.15, -0.1) is 5.10 Å². The summed E-state index contributed by atoms with van der Waals surface area (Å²) in [6, 6.07) is 9.20. The molecule has 0 radical (unpaired) electrons. The molecule has 0 aliphatic rings. The highest BCUT2D eigenvalue weighted by atomic mass is 16.5. The van der Waals surface area contributed by atoms with E-state index < -0.39 is 0 Å². The first kappa shape index (κ1) is 12.3. The van der Waals surface area contributed by atoms with Crippen molar-refractivity contribution in [3.63, 3.8) is 0 Å². The number of hydrogen-bond donors (Lipinski definition) is 1. The van der Waals surface area contributed by atoms with Crippen LogP contribution in [0.1, 0.15) is 11.3 Å². The van der Waals surface area contributed by atoms with Crippen molar-refractivity contribution in [2.75, 3.05) is 7.11 Å². The fourth-order valence-electron chi connectivity index (χ4n) is 1.48. The standard InChI is InChI=1S/C13H15N3O2/c1-9-3-5-11(12(7-9)17-2)18-13-6-4-10(8-14)15-16-13/h3-7H,8,14H2,1-2H3. The molecule has 0 amide bonds. The van der Waals surface area contributed by atoms with Crippen LogP contribution in [-0.2, 0) is 6.54 Å². The third-order valence-electron chi connectivity index (χ3n) is 2.44. The number of ether oxygens (including phenoxy) is 2. The van der Waals surface area contributed by atoms with Crippen LogP contribution in [0.4, 0.5) is 0 Å². The van der Waals surface area contributed by atoms with E-state index in [4.69, 9.17) is 15.2 Å². The van der Waals surface area contributed by atoms with Crippen LogP contribution in [-0.4, -0.2) is 17.3 Å². The van der Waals surface area contributed by atoms with E-state index in [1.54, 1.807) is 19.2 Å². The van der Waals surface area contributed by atoms with Crippen LogP contribution in [0.15, 0.2) is 30.3 Å². The average molecular weight is 245 g/mol. The number of rotatable bonds is 4. The number of nitrogens with zero attached hydrogens (tertiary/aromatic N) is 2. The van der Waals surface area contributed by atoms with Crippen LogP contribution in [0.25, 0.3) is 0 Å². The predicted octanol–water partition coefficient (Wildman–Crippen LogP) is 2.04. The minimum absolute atomic E-state index is 0.362. The fraction of sp³-hybridized carbons (Fsp3) is 0.231. The second kappa shape index (κ2) is 5.46. The quantitative estimate of drug-likeness (QED) is 0.892. The Morgan fingerprint density at radius 3 is 2.56 bits per heavy atom. The highest BCUT2D eigenvalue weighted by Crippen LogP contribution is 2.31. The Hall–Kier alpha value is -2.14. The Morgan fingerprint density at radius 1 is 1.11 bits per heavy atom. The van der Waals surface area contributed by atoms with Crippen molar-refractivity contribution >= 4 is 0 Å². The lowest BCUT2D eigenvalue weighted by atomic mass is 10.2. The monoisotopic (exact) mass is 245 g/mol. The molecule has 0 aliphatic carbocycles. The molecule has 1 aromatic carbocycles. The summed E-state index contributed by atoms with van der Waals surface area (Å²) in [6.45, 7) is 2.35. The maximum atomic E-state index is 5.62. The van der Waals surface area contributed by atoms with Gasteiger partial charge in [0.25, 0.3) is 0 Å². The molecule has 5 heteroatoms. The molecular weight excluding hydrogens is 230 g/mol. The van der Waals surface area contributed by atoms with Crippen molar-refractivity contribution in [1.29, 1.82) is 0 Å². The van der Waals surface area contributed by atoms with Crippen LogP contribution in [0.3, 0.4) is 0 Å². The molecule has 2 aromatic rings. The van der Waals surface area contributed by atoms with Gasteiger partial charge in [-0.1, -0.05) is 6.07 Å². The molecule has 0 aliphatic heterocycles. The first-order chi connectivity index (χ1) is 8.72. The number of hydrogen-bond acceptors (Lipinski definition) is 5. The van der Waals surface area contributed by atoms with E-state index in [2.05, 4.69) is 10.2 Å². The van der Waals surface area contributed by atoms with Crippen molar-refractivity contribution in [3.05, 3.63) is 41.6 Å². The van der Waals surface area contributed by atoms with Crippen LogP contribution in [0, 0.1) is 6.92 Å². The Bertz CT molecular complexity index is 526. The van der Waals surface area contributed by atoms with Crippen LogP contribution >= 0.6 is 0 Å². The maximum Gasteiger partial charge on any atom is 0.239 e. The SMILES string of the molecule is COc1cc(C)ccc1Oc1ccc(CN)nn1. The first-order valence-corrected chi connectivity index (χ1v) is 5.58. The van der Waals surface area contributed by atoms with Crippen molar-refractivity contribution in [3.8, 4) is 17.4 Å². The van der Waals surface area contributed by atoms with E-state index in [9.17, 15) is 0 Å². The normalized spacial score (nSPS) is 10.2. The molecule has 1 aromatic heterocycles. The van der Waals surface area contributed by atoms with Gasteiger partial charge in [0.15, 0.2) is 11.5 Å². The van der Waals surface area contributed by atoms with Crippen LogP contribution < -0.4 is 15.2 Å². The Kier molecular flexibility index (Phi) is 3.74. The van der Waals surface area contributed by atoms with Crippen molar-refractivity contribution in [1.82, 2.24) is 10.2 Å². The fourth-order valence-corrected chi connectivity index (χ4v) is 1.48. The molecule has 5 nitrogen and oxygen atoms in total. The lowest BCUT2D eigenvalue weighted by molar-refractivity contribution is 0.372. The molecular formula is C13H15N3O2. The van der Waals surface area contributed by atoms with Gasteiger partial charge >= 0.3 is 0 Å². The zero-order chi connectivity index (χ0) is 13.0. The summed E-state index contributed by atoms with van der Waals surface area (Å²) in [6.07, 6.45) is 0. The highest BCUT2D eigenvalue weighted by Gasteiger charge is 2.06. The maximum absolute atomic E-state index is 5.62. The second-order valence-electron chi connectivity index (χ2n) is 3.82.